The molecule has 2 aromatic heterocycles. The molecule has 8 heteroatoms. The quantitative estimate of drug-likeness (QED) is 0.730. The van der Waals surface area contributed by atoms with Crippen LogP contribution in [0.5, 0.6) is 0 Å². The van der Waals surface area contributed by atoms with Gasteiger partial charge in [0.25, 0.3) is 5.91 Å². The normalized spacial score (nSPS) is 16.2. The van der Waals surface area contributed by atoms with Gasteiger partial charge in [-0.15, -0.1) is 16.4 Å². The number of aromatic nitrogens is 2. The van der Waals surface area contributed by atoms with E-state index in [1.807, 2.05) is 0 Å². The van der Waals surface area contributed by atoms with Gasteiger partial charge in [0.05, 0.1) is 11.9 Å². The molecule has 1 aliphatic rings. The van der Waals surface area contributed by atoms with Crippen molar-refractivity contribution < 1.29 is 4.79 Å². The summed E-state index contributed by atoms with van der Waals surface area (Å²) in [6.45, 7) is 5.55. The zero-order valence-corrected chi connectivity index (χ0v) is 12.4. The highest BCUT2D eigenvalue weighted by Gasteiger charge is 2.17. The molecular weight excluding hydrogens is 288 g/mol. The van der Waals surface area contributed by atoms with Crippen molar-refractivity contribution in [3.8, 4) is 0 Å². The number of carbonyl (C=O) groups is 1. The molecule has 0 bridgehead atoms. The number of thiophene rings is 1. The van der Waals surface area contributed by atoms with Crippen molar-refractivity contribution in [2.45, 2.75) is 0 Å². The van der Waals surface area contributed by atoms with Crippen molar-refractivity contribution in [2.24, 2.45) is 0 Å². The number of nitrogens with zero attached hydrogens (tertiary/aromatic N) is 3. The Hall–Kier alpha value is -1.77. The van der Waals surface area contributed by atoms with E-state index in [2.05, 4.69) is 25.7 Å². The Kier molecular flexibility index (Phi) is 4.28. The van der Waals surface area contributed by atoms with Crippen LogP contribution in [0.2, 0.25) is 0 Å². The fraction of sp³-hybridized carbons (Fsp3) is 0.462. The fourth-order valence-electron chi connectivity index (χ4n) is 2.38. The van der Waals surface area contributed by atoms with E-state index < -0.39 is 0 Å². The first-order chi connectivity index (χ1) is 10.3. The predicted octanol–water partition coefficient (Wildman–Crippen LogP) is -0.0915. The van der Waals surface area contributed by atoms with E-state index in [4.69, 9.17) is 5.73 Å². The first-order valence-corrected chi connectivity index (χ1v) is 7.78. The van der Waals surface area contributed by atoms with Gasteiger partial charge in [-0.3, -0.25) is 9.69 Å². The van der Waals surface area contributed by atoms with Crippen LogP contribution in [0.1, 0.15) is 9.67 Å². The fourth-order valence-corrected chi connectivity index (χ4v) is 3.34. The summed E-state index contributed by atoms with van der Waals surface area (Å²) in [5.41, 5.74) is 6.51. The summed E-state index contributed by atoms with van der Waals surface area (Å²) in [6, 6.07) is 1.78. The molecular formula is C13H18N6OS. The molecule has 0 aromatic carbocycles. The van der Waals surface area contributed by atoms with Crippen molar-refractivity contribution >= 4 is 33.1 Å². The van der Waals surface area contributed by atoms with Gasteiger partial charge in [0, 0.05) is 44.7 Å². The number of nitrogen functional groups attached to an aromatic ring is 1. The highest BCUT2D eigenvalue weighted by molar-refractivity contribution is 7.21. The van der Waals surface area contributed by atoms with E-state index in [1.54, 1.807) is 12.3 Å². The number of piperazine rings is 1. The molecule has 3 heterocycles. The van der Waals surface area contributed by atoms with Gasteiger partial charge in [0.15, 0.2) is 0 Å². The average Bonchev–Trinajstić information content (AvgIpc) is 2.86. The molecule has 1 saturated heterocycles. The van der Waals surface area contributed by atoms with E-state index in [0.29, 0.717) is 21.9 Å². The molecule has 1 aliphatic heterocycles. The number of hydrogen-bond acceptors (Lipinski definition) is 7. The molecule has 4 N–H and O–H groups in total. The van der Waals surface area contributed by atoms with Crippen LogP contribution < -0.4 is 16.4 Å². The minimum Gasteiger partial charge on any atom is -0.397 e. The Balaban J connectivity index is 1.60. The van der Waals surface area contributed by atoms with Crippen LogP contribution in [0.3, 0.4) is 0 Å². The van der Waals surface area contributed by atoms with Gasteiger partial charge < -0.3 is 16.4 Å². The van der Waals surface area contributed by atoms with E-state index in [-0.39, 0.29) is 5.91 Å². The number of amides is 1. The smallest absolute Gasteiger partial charge is 0.263 e. The molecule has 1 fully saturated rings. The summed E-state index contributed by atoms with van der Waals surface area (Å²) in [4.78, 5) is 15.8. The van der Waals surface area contributed by atoms with Gasteiger partial charge in [-0.1, -0.05) is 0 Å². The predicted molar refractivity (Wildman–Crippen MR) is 83.5 cm³/mol. The number of nitrogens with two attached hydrogens (primary N) is 1. The molecule has 1 amide bonds. The number of fused-ring (bicyclic) bond motifs is 1. The van der Waals surface area contributed by atoms with Gasteiger partial charge in [-0.25, -0.2) is 0 Å². The van der Waals surface area contributed by atoms with Gasteiger partial charge in [-0.05, 0) is 6.07 Å². The lowest BCUT2D eigenvalue weighted by Crippen LogP contribution is -2.46. The van der Waals surface area contributed by atoms with Crippen LogP contribution in [0, 0.1) is 0 Å². The number of anilines is 1. The topological polar surface area (TPSA) is 96.2 Å². The molecule has 0 atom stereocenters. The van der Waals surface area contributed by atoms with Crippen LogP contribution in [-0.4, -0.2) is 60.3 Å². The molecule has 21 heavy (non-hydrogen) atoms. The maximum absolute atomic E-state index is 12.2. The second-order valence-electron chi connectivity index (χ2n) is 4.94. The van der Waals surface area contributed by atoms with Crippen LogP contribution in [-0.2, 0) is 0 Å². The Morgan fingerprint density at radius 3 is 3.05 bits per heavy atom. The van der Waals surface area contributed by atoms with Gasteiger partial charge in [0.2, 0.25) is 0 Å². The lowest BCUT2D eigenvalue weighted by atomic mass is 10.3. The van der Waals surface area contributed by atoms with E-state index in [1.165, 1.54) is 11.3 Å². The van der Waals surface area contributed by atoms with E-state index in [0.717, 1.165) is 38.1 Å². The molecule has 3 rings (SSSR count). The van der Waals surface area contributed by atoms with Gasteiger partial charge in [0.1, 0.15) is 9.71 Å². The molecule has 0 aliphatic carbocycles. The molecule has 0 saturated carbocycles. The standard InChI is InChI=1S/C13H18N6OS/c14-10-9-1-2-17-18-13(9)21-11(10)12(20)16-5-8-19-6-3-15-4-7-19/h1-2,15H,3-8,14H2,(H,16,20). The number of carbonyl (C=O) groups excluding carboxylic acids is 1. The highest BCUT2D eigenvalue weighted by Crippen LogP contribution is 2.31. The lowest BCUT2D eigenvalue weighted by molar-refractivity contribution is 0.0952. The highest BCUT2D eigenvalue weighted by atomic mass is 32.1. The van der Waals surface area contributed by atoms with Crippen LogP contribution in [0.15, 0.2) is 12.3 Å². The zero-order chi connectivity index (χ0) is 14.7. The first-order valence-electron chi connectivity index (χ1n) is 6.96. The van der Waals surface area contributed by atoms with E-state index >= 15 is 0 Å². The molecule has 0 spiro atoms. The van der Waals surface area contributed by atoms with Crippen molar-refractivity contribution in [2.75, 3.05) is 45.0 Å². The van der Waals surface area contributed by atoms with E-state index in [9.17, 15) is 4.79 Å². The number of nitrogens with one attached hydrogen (secondary N) is 2. The summed E-state index contributed by atoms with van der Waals surface area (Å²) >= 11 is 1.28. The molecule has 0 radical (unpaired) electrons. The summed E-state index contributed by atoms with van der Waals surface area (Å²) in [6.07, 6.45) is 1.58. The number of hydrogen-bond donors (Lipinski definition) is 3. The second kappa shape index (κ2) is 6.33. The largest absolute Gasteiger partial charge is 0.397 e. The van der Waals surface area contributed by atoms with Crippen molar-refractivity contribution in [1.82, 2.24) is 25.7 Å². The Bertz CT molecular complexity index is 637. The monoisotopic (exact) mass is 306 g/mol. The Morgan fingerprint density at radius 1 is 1.48 bits per heavy atom. The molecule has 112 valence electrons. The maximum Gasteiger partial charge on any atom is 0.263 e. The first kappa shape index (κ1) is 14.2. The third kappa shape index (κ3) is 3.12. The summed E-state index contributed by atoms with van der Waals surface area (Å²) < 4.78 is 0. The minimum atomic E-state index is -0.134. The molecule has 2 aromatic rings. The summed E-state index contributed by atoms with van der Waals surface area (Å²) in [5.74, 6) is -0.134. The third-order valence-electron chi connectivity index (χ3n) is 3.55. The second-order valence-corrected chi connectivity index (χ2v) is 5.94. The van der Waals surface area contributed by atoms with Gasteiger partial charge >= 0.3 is 0 Å². The maximum atomic E-state index is 12.2. The average molecular weight is 306 g/mol. The summed E-state index contributed by atoms with van der Waals surface area (Å²) in [7, 11) is 0. The Labute approximate surface area is 126 Å². The van der Waals surface area contributed by atoms with Gasteiger partial charge in [-0.2, -0.15) is 5.10 Å². The number of rotatable bonds is 4. The van der Waals surface area contributed by atoms with Crippen LogP contribution in [0.4, 0.5) is 5.69 Å². The van der Waals surface area contributed by atoms with Crippen molar-refractivity contribution in [1.29, 1.82) is 0 Å². The third-order valence-corrected chi connectivity index (χ3v) is 4.65. The Morgan fingerprint density at radius 2 is 2.29 bits per heavy atom. The zero-order valence-electron chi connectivity index (χ0n) is 11.6. The lowest BCUT2D eigenvalue weighted by Gasteiger charge is -2.27. The molecule has 7 nitrogen and oxygen atoms in total. The SMILES string of the molecule is Nc1c(C(=O)NCCN2CCNCC2)sc2nnccc12. The van der Waals surface area contributed by atoms with Crippen molar-refractivity contribution in [3.63, 3.8) is 0 Å². The van der Waals surface area contributed by atoms with Crippen molar-refractivity contribution in [3.05, 3.63) is 17.1 Å². The van der Waals surface area contributed by atoms with Crippen LogP contribution in [0.25, 0.3) is 10.2 Å². The minimum absolute atomic E-state index is 0.134. The summed E-state index contributed by atoms with van der Waals surface area (Å²) in [5, 5.41) is 14.8. The van der Waals surface area contributed by atoms with Crippen LogP contribution >= 0.6 is 11.3 Å². The molecule has 0 unspecified atom stereocenters.